The lowest BCUT2D eigenvalue weighted by Gasteiger charge is -2.14. The first kappa shape index (κ1) is 19.7. The largest absolute Gasteiger partial charge is 0.332 e. The molecule has 0 bridgehead atoms. The zero-order valence-electron chi connectivity index (χ0n) is 15.2. The Bertz CT molecular complexity index is 906. The third-order valence-electron chi connectivity index (χ3n) is 4.01. The Morgan fingerprint density at radius 3 is 2.22 bits per heavy atom. The molecule has 0 saturated carbocycles. The maximum atomic E-state index is 5.97. The number of hydrogen-bond acceptors (Lipinski definition) is 2. The summed E-state index contributed by atoms with van der Waals surface area (Å²) in [6, 6.07) is 24.3. The summed E-state index contributed by atoms with van der Waals surface area (Å²) < 4.78 is 0. The van der Waals surface area contributed by atoms with E-state index in [1.54, 1.807) is 11.8 Å². The van der Waals surface area contributed by atoms with Crippen LogP contribution in [0.5, 0.6) is 0 Å². The molecule has 0 aliphatic carbocycles. The van der Waals surface area contributed by atoms with Gasteiger partial charge in [-0.15, -0.1) is 0 Å². The van der Waals surface area contributed by atoms with Crippen LogP contribution < -0.4 is 10.6 Å². The summed E-state index contributed by atoms with van der Waals surface area (Å²) in [7, 11) is 0. The van der Waals surface area contributed by atoms with E-state index in [2.05, 4.69) is 54.8 Å². The molecule has 0 atom stereocenters. The minimum absolute atomic E-state index is 0.515. The number of anilines is 2. The van der Waals surface area contributed by atoms with Crippen LogP contribution in [-0.2, 0) is 0 Å². The first-order valence-corrected chi connectivity index (χ1v) is 10.3. The van der Waals surface area contributed by atoms with Gasteiger partial charge < -0.3 is 10.6 Å². The van der Waals surface area contributed by atoms with Crippen LogP contribution >= 0.6 is 35.6 Å². The van der Waals surface area contributed by atoms with E-state index >= 15 is 0 Å². The highest BCUT2D eigenvalue weighted by Gasteiger charge is 2.07. The summed E-state index contributed by atoms with van der Waals surface area (Å²) >= 11 is 13.1. The number of hydrogen-bond donors (Lipinski definition) is 2. The topological polar surface area (TPSA) is 24.1 Å². The van der Waals surface area contributed by atoms with E-state index in [-0.39, 0.29) is 0 Å². The molecule has 3 rings (SSSR count). The lowest BCUT2D eigenvalue weighted by atomic mass is 10.0. The molecule has 0 unspecified atom stereocenters. The predicted octanol–water partition coefficient (Wildman–Crippen LogP) is 7.42. The molecule has 0 aliphatic heterocycles. The number of benzene rings is 3. The minimum atomic E-state index is 0.515. The van der Waals surface area contributed by atoms with Gasteiger partial charge in [0.1, 0.15) is 0 Å². The van der Waals surface area contributed by atoms with E-state index < -0.39 is 0 Å². The van der Waals surface area contributed by atoms with E-state index in [0.29, 0.717) is 11.0 Å². The molecule has 2 N–H and O–H groups in total. The zero-order valence-corrected chi connectivity index (χ0v) is 17.6. The van der Waals surface area contributed by atoms with E-state index in [4.69, 9.17) is 23.8 Å². The molecule has 0 aromatic heterocycles. The summed E-state index contributed by atoms with van der Waals surface area (Å²) in [5.74, 6) is 0.515. The lowest BCUT2D eigenvalue weighted by Crippen LogP contribution is -2.19. The van der Waals surface area contributed by atoms with Gasteiger partial charge in [0.15, 0.2) is 5.11 Å². The van der Waals surface area contributed by atoms with Crippen molar-refractivity contribution in [2.24, 2.45) is 0 Å². The second-order valence-corrected chi connectivity index (χ2v) is 8.37. The number of para-hydroxylation sites is 1. The fourth-order valence-electron chi connectivity index (χ4n) is 2.52. The number of nitrogens with one attached hydrogen (secondary N) is 2. The fourth-order valence-corrected chi connectivity index (χ4v) is 3.78. The van der Waals surface area contributed by atoms with E-state index in [1.165, 1.54) is 5.56 Å². The standard InChI is InChI=1S/C22H21ClN2S2/c1-15(2)16-7-11-18(12-8-16)24-22(26)25-20-5-3-4-6-21(20)27-19-13-9-17(23)10-14-19/h3-15H,1-2H3,(H2,24,25,26). The average Bonchev–Trinajstić information content (AvgIpc) is 2.65. The molecule has 0 amide bonds. The highest BCUT2D eigenvalue weighted by molar-refractivity contribution is 7.99. The van der Waals surface area contributed by atoms with Crippen molar-refractivity contribution in [1.82, 2.24) is 0 Å². The molecule has 0 spiro atoms. The van der Waals surface area contributed by atoms with Crippen LogP contribution in [-0.4, -0.2) is 5.11 Å². The van der Waals surface area contributed by atoms with Gasteiger partial charge in [-0.1, -0.05) is 61.5 Å². The lowest BCUT2D eigenvalue weighted by molar-refractivity contribution is 0.867. The van der Waals surface area contributed by atoms with Crippen LogP contribution in [0.3, 0.4) is 0 Å². The van der Waals surface area contributed by atoms with Gasteiger partial charge in [-0.3, -0.25) is 0 Å². The molecule has 0 heterocycles. The van der Waals surface area contributed by atoms with E-state index in [0.717, 1.165) is 26.2 Å². The Kier molecular flexibility index (Phi) is 6.78. The third kappa shape index (κ3) is 5.73. The predicted molar refractivity (Wildman–Crippen MR) is 122 cm³/mol. The normalized spacial score (nSPS) is 10.7. The molecule has 0 radical (unpaired) electrons. The van der Waals surface area contributed by atoms with Gasteiger partial charge >= 0.3 is 0 Å². The van der Waals surface area contributed by atoms with Crippen molar-refractivity contribution in [3.05, 3.63) is 83.4 Å². The SMILES string of the molecule is CC(C)c1ccc(NC(=S)Nc2ccccc2Sc2ccc(Cl)cc2)cc1. The van der Waals surface area contributed by atoms with Gasteiger partial charge in [0.25, 0.3) is 0 Å². The Labute approximate surface area is 175 Å². The average molecular weight is 413 g/mol. The van der Waals surface area contributed by atoms with Crippen LogP contribution in [0.1, 0.15) is 25.3 Å². The molecule has 138 valence electrons. The van der Waals surface area contributed by atoms with Crippen LogP contribution in [0.4, 0.5) is 11.4 Å². The summed E-state index contributed by atoms with van der Waals surface area (Å²) in [5.41, 5.74) is 3.25. The quantitative estimate of drug-likeness (QED) is 0.425. The number of rotatable bonds is 5. The van der Waals surface area contributed by atoms with Crippen molar-refractivity contribution in [1.29, 1.82) is 0 Å². The second-order valence-electron chi connectivity index (χ2n) is 6.41. The van der Waals surface area contributed by atoms with Crippen LogP contribution in [0.25, 0.3) is 0 Å². The maximum absolute atomic E-state index is 5.97. The van der Waals surface area contributed by atoms with Crippen molar-refractivity contribution in [2.75, 3.05) is 10.6 Å². The van der Waals surface area contributed by atoms with Crippen molar-refractivity contribution >= 4 is 52.1 Å². The highest BCUT2D eigenvalue weighted by Crippen LogP contribution is 2.34. The van der Waals surface area contributed by atoms with Crippen molar-refractivity contribution in [3.8, 4) is 0 Å². The van der Waals surface area contributed by atoms with Gasteiger partial charge in [0, 0.05) is 20.5 Å². The monoisotopic (exact) mass is 412 g/mol. The molecule has 27 heavy (non-hydrogen) atoms. The molecule has 0 aliphatic rings. The molecular formula is C22H21ClN2S2. The molecular weight excluding hydrogens is 392 g/mol. The summed E-state index contributed by atoms with van der Waals surface area (Å²) in [5, 5.41) is 7.85. The van der Waals surface area contributed by atoms with Crippen LogP contribution in [0.15, 0.2) is 82.6 Å². The molecule has 3 aromatic carbocycles. The maximum Gasteiger partial charge on any atom is 0.175 e. The number of halogens is 1. The van der Waals surface area contributed by atoms with Crippen molar-refractivity contribution in [2.45, 2.75) is 29.6 Å². The summed E-state index contributed by atoms with van der Waals surface area (Å²) in [6.07, 6.45) is 0. The molecule has 0 saturated heterocycles. The first-order valence-electron chi connectivity index (χ1n) is 8.71. The van der Waals surface area contributed by atoms with Crippen molar-refractivity contribution in [3.63, 3.8) is 0 Å². The summed E-state index contributed by atoms with van der Waals surface area (Å²) in [4.78, 5) is 2.22. The second kappa shape index (κ2) is 9.27. The third-order valence-corrected chi connectivity index (χ3v) is 5.55. The van der Waals surface area contributed by atoms with E-state index in [9.17, 15) is 0 Å². The Morgan fingerprint density at radius 1 is 0.889 bits per heavy atom. The fraction of sp³-hybridized carbons (Fsp3) is 0.136. The Balaban J connectivity index is 1.68. The van der Waals surface area contributed by atoms with Gasteiger partial charge in [0.05, 0.1) is 5.69 Å². The highest BCUT2D eigenvalue weighted by atomic mass is 35.5. The summed E-state index contributed by atoms with van der Waals surface area (Å²) in [6.45, 7) is 4.37. The number of thiocarbonyl (C=S) groups is 1. The van der Waals surface area contributed by atoms with Gasteiger partial charge in [-0.05, 0) is 72.2 Å². The molecule has 2 nitrogen and oxygen atoms in total. The molecule has 5 heteroatoms. The van der Waals surface area contributed by atoms with Crippen LogP contribution in [0.2, 0.25) is 5.02 Å². The smallest absolute Gasteiger partial charge is 0.175 e. The minimum Gasteiger partial charge on any atom is -0.332 e. The van der Waals surface area contributed by atoms with Gasteiger partial charge in [-0.2, -0.15) is 0 Å². The molecule has 3 aromatic rings. The first-order chi connectivity index (χ1) is 13.0. The van der Waals surface area contributed by atoms with Gasteiger partial charge in [-0.25, -0.2) is 0 Å². The van der Waals surface area contributed by atoms with E-state index in [1.807, 2.05) is 42.5 Å². The Hall–Kier alpha value is -2.01. The van der Waals surface area contributed by atoms with Gasteiger partial charge in [0.2, 0.25) is 0 Å². The zero-order chi connectivity index (χ0) is 19.2. The van der Waals surface area contributed by atoms with Crippen molar-refractivity contribution < 1.29 is 0 Å². The molecule has 0 fully saturated rings. The Morgan fingerprint density at radius 2 is 1.56 bits per heavy atom. The van der Waals surface area contributed by atoms with Crippen LogP contribution in [0, 0.1) is 0 Å².